The summed E-state index contributed by atoms with van der Waals surface area (Å²) in [6.07, 6.45) is 0. The van der Waals surface area contributed by atoms with Crippen molar-refractivity contribution >= 4 is 5.91 Å². The van der Waals surface area contributed by atoms with E-state index in [1.165, 1.54) is 0 Å². The number of hydrogen-bond donors (Lipinski definition) is 0. The summed E-state index contributed by atoms with van der Waals surface area (Å²) in [7, 11) is 1.81. The van der Waals surface area contributed by atoms with Crippen LogP contribution in [-0.4, -0.2) is 32.6 Å². The molecule has 0 atom stereocenters. The molecule has 5 heteroatoms. The van der Waals surface area contributed by atoms with Crippen molar-refractivity contribution in [2.45, 2.75) is 20.0 Å². The Balaban J connectivity index is 1.75. The van der Waals surface area contributed by atoms with Crippen LogP contribution in [0.3, 0.4) is 0 Å². The fourth-order valence-electron chi connectivity index (χ4n) is 2.56. The van der Waals surface area contributed by atoms with Crippen molar-refractivity contribution in [2.75, 3.05) is 7.05 Å². The van der Waals surface area contributed by atoms with Gasteiger partial charge in [-0.2, -0.15) is 5.10 Å². The van der Waals surface area contributed by atoms with Gasteiger partial charge in [-0.05, 0) is 12.5 Å². The molecule has 0 unspecified atom stereocenters. The van der Waals surface area contributed by atoms with Crippen LogP contribution in [0.15, 0.2) is 60.7 Å². The van der Waals surface area contributed by atoms with Crippen LogP contribution in [-0.2, 0) is 17.9 Å². The molecule has 3 rings (SSSR count). The van der Waals surface area contributed by atoms with Crippen LogP contribution in [0.25, 0.3) is 11.4 Å². The van der Waals surface area contributed by atoms with Gasteiger partial charge in [0.2, 0.25) is 5.91 Å². The molecule has 0 spiro atoms. The molecule has 0 aliphatic rings. The van der Waals surface area contributed by atoms with Crippen LogP contribution in [0.1, 0.15) is 11.4 Å². The van der Waals surface area contributed by atoms with E-state index in [2.05, 4.69) is 10.1 Å². The van der Waals surface area contributed by atoms with Gasteiger partial charge in [-0.15, -0.1) is 0 Å². The molecule has 3 aromatic rings. The number of benzene rings is 2. The molecule has 5 nitrogen and oxygen atoms in total. The molecular weight excluding hydrogens is 300 g/mol. The molecule has 0 bridgehead atoms. The maximum atomic E-state index is 12.5. The minimum Gasteiger partial charge on any atom is -0.340 e. The third kappa shape index (κ3) is 3.68. The minimum atomic E-state index is 0.000865. The lowest BCUT2D eigenvalue weighted by Crippen LogP contribution is -2.30. The summed E-state index contributed by atoms with van der Waals surface area (Å²) in [4.78, 5) is 18.7. The van der Waals surface area contributed by atoms with Gasteiger partial charge in [-0.25, -0.2) is 9.67 Å². The molecule has 1 amide bonds. The van der Waals surface area contributed by atoms with Crippen molar-refractivity contribution in [1.82, 2.24) is 19.7 Å². The lowest BCUT2D eigenvalue weighted by molar-refractivity contribution is -0.131. The molecule has 0 saturated carbocycles. The van der Waals surface area contributed by atoms with Gasteiger partial charge in [-0.1, -0.05) is 60.7 Å². The van der Waals surface area contributed by atoms with E-state index in [4.69, 9.17) is 0 Å². The highest BCUT2D eigenvalue weighted by Crippen LogP contribution is 2.17. The van der Waals surface area contributed by atoms with E-state index in [0.717, 1.165) is 17.0 Å². The van der Waals surface area contributed by atoms with Crippen LogP contribution in [0.5, 0.6) is 0 Å². The monoisotopic (exact) mass is 320 g/mol. The van der Waals surface area contributed by atoms with Gasteiger partial charge in [0.15, 0.2) is 5.82 Å². The third-order valence-electron chi connectivity index (χ3n) is 3.78. The largest absolute Gasteiger partial charge is 0.340 e. The number of aryl methyl sites for hydroxylation is 1. The van der Waals surface area contributed by atoms with Crippen molar-refractivity contribution < 1.29 is 4.79 Å². The van der Waals surface area contributed by atoms with E-state index >= 15 is 0 Å². The molecule has 0 fully saturated rings. The van der Waals surface area contributed by atoms with Crippen LogP contribution in [0, 0.1) is 6.92 Å². The Morgan fingerprint density at radius 2 is 1.67 bits per heavy atom. The van der Waals surface area contributed by atoms with Crippen molar-refractivity contribution in [3.8, 4) is 11.4 Å². The van der Waals surface area contributed by atoms with Gasteiger partial charge < -0.3 is 4.90 Å². The Hall–Kier alpha value is -2.95. The van der Waals surface area contributed by atoms with E-state index < -0.39 is 0 Å². The summed E-state index contributed by atoms with van der Waals surface area (Å²) in [5.74, 6) is 1.38. The predicted octanol–water partition coefficient (Wildman–Crippen LogP) is 2.91. The first-order valence-corrected chi connectivity index (χ1v) is 7.88. The Morgan fingerprint density at radius 3 is 2.33 bits per heavy atom. The maximum Gasteiger partial charge on any atom is 0.244 e. The zero-order valence-electron chi connectivity index (χ0n) is 13.9. The lowest BCUT2D eigenvalue weighted by atomic mass is 10.2. The van der Waals surface area contributed by atoms with Crippen molar-refractivity contribution in [3.63, 3.8) is 0 Å². The Morgan fingerprint density at radius 1 is 1.04 bits per heavy atom. The highest BCUT2D eigenvalue weighted by atomic mass is 16.2. The number of amides is 1. The second kappa shape index (κ2) is 7.08. The Kier molecular flexibility index (Phi) is 4.70. The van der Waals surface area contributed by atoms with Crippen LogP contribution >= 0.6 is 0 Å². The second-order valence-electron chi connectivity index (χ2n) is 5.74. The van der Waals surface area contributed by atoms with Crippen molar-refractivity contribution in [3.05, 3.63) is 72.1 Å². The predicted molar refractivity (Wildman–Crippen MR) is 93.1 cm³/mol. The van der Waals surface area contributed by atoms with E-state index in [1.807, 2.05) is 67.6 Å². The number of rotatable bonds is 5. The van der Waals surface area contributed by atoms with Gasteiger partial charge in [0.25, 0.3) is 0 Å². The van der Waals surface area contributed by atoms with Gasteiger partial charge >= 0.3 is 0 Å². The average molecular weight is 320 g/mol. The Bertz CT molecular complexity index is 812. The van der Waals surface area contributed by atoms with Crippen LogP contribution in [0.4, 0.5) is 0 Å². The summed E-state index contributed by atoms with van der Waals surface area (Å²) < 4.78 is 1.68. The highest BCUT2D eigenvalue weighted by molar-refractivity contribution is 5.76. The number of carbonyl (C=O) groups excluding carboxylic acids is 1. The third-order valence-corrected chi connectivity index (χ3v) is 3.78. The number of nitrogens with zero attached hydrogens (tertiary/aromatic N) is 4. The van der Waals surface area contributed by atoms with Gasteiger partial charge in [0.1, 0.15) is 12.4 Å². The topological polar surface area (TPSA) is 51.0 Å². The second-order valence-corrected chi connectivity index (χ2v) is 5.74. The lowest BCUT2D eigenvalue weighted by Gasteiger charge is -2.17. The first-order chi connectivity index (χ1) is 11.6. The minimum absolute atomic E-state index is 0.000865. The standard InChI is InChI=1S/C19H20N4O/c1-15-20-19(17-11-7-4-8-12-17)23(21-15)14-18(24)22(2)13-16-9-5-3-6-10-16/h3-12H,13-14H2,1-2H3. The van der Waals surface area contributed by atoms with Crippen molar-refractivity contribution in [2.24, 2.45) is 0 Å². The molecule has 1 aromatic heterocycles. The molecule has 2 aromatic carbocycles. The molecule has 1 heterocycles. The summed E-state index contributed by atoms with van der Waals surface area (Å²) in [5, 5.41) is 4.37. The van der Waals surface area contributed by atoms with E-state index in [0.29, 0.717) is 12.4 Å². The fraction of sp³-hybridized carbons (Fsp3) is 0.211. The molecule has 122 valence electrons. The molecule has 0 aliphatic heterocycles. The number of carbonyl (C=O) groups is 1. The summed E-state index contributed by atoms with van der Waals surface area (Å²) in [6.45, 7) is 2.59. The number of aromatic nitrogens is 3. The molecular formula is C19H20N4O. The smallest absolute Gasteiger partial charge is 0.244 e. The summed E-state index contributed by atoms with van der Waals surface area (Å²) in [5.41, 5.74) is 2.06. The quantitative estimate of drug-likeness (QED) is 0.726. The zero-order valence-corrected chi connectivity index (χ0v) is 13.9. The number of hydrogen-bond acceptors (Lipinski definition) is 3. The van der Waals surface area contributed by atoms with Crippen molar-refractivity contribution in [1.29, 1.82) is 0 Å². The van der Waals surface area contributed by atoms with E-state index in [9.17, 15) is 4.79 Å². The zero-order chi connectivity index (χ0) is 16.9. The summed E-state index contributed by atoms with van der Waals surface area (Å²) in [6, 6.07) is 19.7. The molecule has 0 saturated heterocycles. The first kappa shape index (κ1) is 15.9. The highest BCUT2D eigenvalue weighted by Gasteiger charge is 2.15. The normalized spacial score (nSPS) is 10.6. The summed E-state index contributed by atoms with van der Waals surface area (Å²) >= 11 is 0. The molecule has 0 radical (unpaired) electrons. The molecule has 24 heavy (non-hydrogen) atoms. The maximum absolute atomic E-state index is 12.5. The SMILES string of the molecule is Cc1nc(-c2ccccc2)n(CC(=O)N(C)Cc2ccccc2)n1. The first-order valence-electron chi connectivity index (χ1n) is 7.88. The van der Waals surface area contributed by atoms with Gasteiger partial charge in [0.05, 0.1) is 0 Å². The molecule has 0 aliphatic carbocycles. The van der Waals surface area contributed by atoms with Gasteiger partial charge in [0, 0.05) is 19.2 Å². The number of likely N-dealkylation sites (N-methyl/N-ethyl adjacent to an activating group) is 1. The fourth-order valence-corrected chi connectivity index (χ4v) is 2.56. The van der Waals surface area contributed by atoms with Gasteiger partial charge in [-0.3, -0.25) is 4.79 Å². The van der Waals surface area contributed by atoms with Crippen LogP contribution < -0.4 is 0 Å². The van der Waals surface area contributed by atoms with Crippen LogP contribution in [0.2, 0.25) is 0 Å². The molecule has 0 N–H and O–H groups in total. The van der Waals surface area contributed by atoms with E-state index in [1.54, 1.807) is 16.6 Å². The van der Waals surface area contributed by atoms with E-state index in [-0.39, 0.29) is 12.5 Å². The average Bonchev–Trinajstić information content (AvgIpc) is 2.97. The Labute approximate surface area is 141 Å².